The van der Waals surface area contributed by atoms with Gasteiger partial charge in [-0.15, -0.1) is 12.6 Å². The number of thiol groups is 1. The Balaban J connectivity index is 2.39. The zero-order valence-electron chi connectivity index (χ0n) is 11.2. The second kappa shape index (κ2) is 7.16. The highest BCUT2D eigenvalue weighted by Gasteiger charge is 2.20. The van der Waals surface area contributed by atoms with Crippen LogP contribution in [0.5, 0.6) is 0 Å². The van der Waals surface area contributed by atoms with Gasteiger partial charge in [0, 0.05) is 17.1 Å². The van der Waals surface area contributed by atoms with Crippen LogP contribution in [-0.2, 0) is 0 Å². The van der Waals surface area contributed by atoms with Crippen LogP contribution in [0.2, 0.25) is 5.02 Å². The fourth-order valence-corrected chi connectivity index (χ4v) is 2.34. The highest BCUT2D eigenvalue weighted by atomic mass is 35.5. The molecule has 0 spiro atoms. The van der Waals surface area contributed by atoms with Crippen LogP contribution in [0.1, 0.15) is 16.8 Å². The number of hydrogen-bond donors (Lipinski definition) is 1. The number of carbonyl (C=O) groups is 1. The van der Waals surface area contributed by atoms with E-state index in [1.54, 1.807) is 23.1 Å². The smallest absolute Gasteiger partial charge is 0.259 e. The number of para-hydroxylation sites is 1. The summed E-state index contributed by atoms with van der Waals surface area (Å²) in [5.74, 6) is -0.239. The summed E-state index contributed by atoms with van der Waals surface area (Å²) in [6.07, 6.45) is 0.249. The molecule has 0 fully saturated rings. The van der Waals surface area contributed by atoms with Gasteiger partial charge in [0.15, 0.2) is 0 Å². The molecule has 0 bridgehead atoms. The maximum absolute atomic E-state index is 12.7. The molecular weight excluding hydrogens is 304 g/mol. The molecule has 2 aromatic carbocycles. The summed E-state index contributed by atoms with van der Waals surface area (Å²) in [7, 11) is 0. The molecule has 0 aliphatic heterocycles. The highest BCUT2D eigenvalue weighted by Crippen LogP contribution is 2.24. The van der Waals surface area contributed by atoms with E-state index in [1.807, 2.05) is 30.3 Å². The van der Waals surface area contributed by atoms with Crippen LogP contribution in [0, 0.1) is 11.3 Å². The molecule has 0 heterocycles. The molecule has 106 valence electrons. The van der Waals surface area contributed by atoms with E-state index in [0.717, 1.165) is 5.69 Å². The molecule has 0 aromatic heterocycles. The fraction of sp³-hybridized carbons (Fsp3) is 0.125. The number of amides is 1. The Morgan fingerprint density at radius 1 is 1.24 bits per heavy atom. The molecule has 2 rings (SSSR count). The van der Waals surface area contributed by atoms with Gasteiger partial charge in [-0.3, -0.25) is 4.79 Å². The van der Waals surface area contributed by atoms with Crippen LogP contribution in [0.4, 0.5) is 5.69 Å². The average molecular weight is 317 g/mol. The van der Waals surface area contributed by atoms with E-state index in [-0.39, 0.29) is 12.3 Å². The lowest BCUT2D eigenvalue weighted by Crippen LogP contribution is -2.32. The average Bonchev–Trinajstić information content (AvgIpc) is 2.51. The molecule has 0 atom stereocenters. The van der Waals surface area contributed by atoms with Crippen molar-refractivity contribution in [1.29, 1.82) is 5.26 Å². The lowest BCUT2D eigenvalue weighted by Gasteiger charge is -2.22. The van der Waals surface area contributed by atoms with Crippen LogP contribution in [0.25, 0.3) is 0 Å². The summed E-state index contributed by atoms with van der Waals surface area (Å²) in [4.78, 5) is 14.9. The summed E-state index contributed by atoms with van der Waals surface area (Å²) >= 11 is 10.4. The Kier molecular flexibility index (Phi) is 5.26. The Morgan fingerprint density at radius 2 is 1.95 bits per heavy atom. The number of hydrogen-bond acceptors (Lipinski definition) is 3. The standard InChI is InChI=1S/C16H13ClN2OS/c17-15-8-7-13(21)11-14(15)16(20)19(10-4-9-18)12-5-2-1-3-6-12/h1-3,5-8,11,21H,4,10H2. The van der Waals surface area contributed by atoms with Crippen molar-refractivity contribution in [2.45, 2.75) is 11.3 Å². The molecule has 0 unspecified atom stereocenters. The van der Waals surface area contributed by atoms with E-state index >= 15 is 0 Å². The van der Waals surface area contributed by atoms with Crippen molar-refractivity contribution in [2.24, 2.45) is 0 Å². The van der Waals surface area contributed by atoms with E-state index in [2.05, 4.69) is 18.7 Å². The Hall–Kier alpha value is -1.96. The zero-order valence-corrected chi connectivity index (χ0v) is 12.8. The Morgan fingerprint density at radius 3 is 2.62 bits per heavy atom. The second-order valence-corrected chi connectivity index (χ2v) is 5.29. The van der Waals surface area contributed by atoms with Gasteiger partial charge < -0.3 is 4.90 Å². The van der Waals surface area contributed by atoms with Crippen molar-refractivity contribution in [3.05, 3.63) is 59.1 Å². The number of halogens is 1. The molecule has 0 saturated heterocycles. The summed E-state index contributed by atoms with van der Waals surface area (Å²) < 4.78 is 0. The van der Waals surface area contributed by atoms with Crippen LogP contribution < -0.4 is 4.90 Å². The van der Waals surface area contributed by atoms with Gasteiger partial charge in [0.1, 0.15) is 0 Å². The predicted octanol–water partition coefficient (Wildman–Crippen LogP) is 4.19. The van der Waals surface area contributed by atoms with E-state index in [1.165, 1.54) is 0 Å². The first-order chi connectivity index (χ1) is 10.1. The third-order valence-corrected chi connectivity index (χ3v) is 3.55. The van der Waals surface area contributed by atoms with Gasteiger partial charge in [-0.05, 0) is 30.3 Å². The summed E-state index contributed by atoms with van der Waals surface area (Å²) in [6, 6.07) is 16.3. The zero-order chi connectivity index (χ0) is 15.2. The van der Waals surface area contributed by atoms with Crippen LogP contribution in [0.3, 0.4) is 0 Å². The molecule has 0 N–H and O–H groups in total. The molecule has 5 heteroatoms. The van der Waals surface area contributed by atoms with Crippen molar-refractivity contribution < 1.29 is 4.79 Å². The van der Waals surface area contributed by atoms with E-state index in [0.29, 0.717) is 22.0 Å². The summed E-state index contributed by atoms with van der Waals surface area (Å²) in [5.41, 5.74) is 1.12. The molecule has 2 aromatic rings. The van der Waals surface area contributed by atoms with Gasteiger partial charge >= 0.3 is 0 Å². The van der Waals surface area contributed by atoms with Crippen LogP contribution in [0.15, 0.2) is 53.4 Å². The van der Waals surface area contributed by atoms with Gasteiger partial charge in [-0.1, -0.05) is 29.8 Å². The SMILES string of the molecule is N#CCCN(C(=O)c1cc(S)ccc1Cl)c1ccccc1. The fourth-order valence-electron chi connectivity index (χ4n) is 1.94. The molecule has 0 saturated carbocycles. The van der Waals surface area contributed by atoms with E-state index in [9.17, 15) is 4.79 Å². The molecule has 0 aliphatic carbocycles. The molecular formula is C16H13ClN2OS. The van der Waals surface area contributed by atoms with Crippen molar-refractivity contribution in [2.75, 3.05) is 11.4 Å². The van der Waals surface area contributed by atoms with E-state index in [4.69, 9.17) is 16.9 Å². The Labute approximate surface area is 134 Å². The molecule has 0 aliphatic rings. The van der Waals surface area contributed by atoms with Gasteiger partial charge in [-0.2, -0.15) is 5.26 Å². The van der Waals surface area contributed by atoms with Crippen molar-refractivity contribution in [3.63, 3.8) is 0 Å². The third-order valence-electron chi connectivity index (χ3n) is 2.94. The van der Waals surface area contributed by atoms with Crippen LogP contribution in [-0.4, -0.2) is 12.5 Å². The Bertz CT molecular complexity index is 682. The second-order valence-electron chi connectivity index (χ2n) is 4.36. The van der Waals surface area contributed by atoms with Crippen molar-refractivity contribution in [3.8, 4) is 6.07 Å². The summed E-state index contributed by atoms with van der Waals surface area (Å²) in [5, 5.41) is 9.16. The lowest BCUT2D eigenvalue weighted by molar-refractivity contribution is 0.0987. The lowest BCUT2D eigenvalue weighted by atomic mass is 10.1. The van der Waals surface area contributed by atoms with Gasteiger partial charge in [0.05, 0.1) is 23.1 Å². The minimum absolute atomic E-state index is 0.239. The third kappa shape index (κ3) is 3.78. The number of benzene rings is 2. The molecule has 3 nitrogen and oxygen atoms in total. The first-order valence-electron chi connectivity index (χ1n) is 6.36. The number of carbonyl (C=O) groups excluding carboxylic acids is 1. The normalized spacial score (nSPS) is 9.95. The molecule has 21 heavy (non-hydrogen) atoms. The maximum Gasteiger partial charge on any atom is 0.259 e. The number of nitrogens with zero attached hydrogens (tertiary/aromatic N) is 2. The summed E-state index contributed by atoms with van der Waals surface area (Å²) in [6.45, 7) is 0.312. The predicted molar refractivity (Wildman–Crippen MR) is 87.1 cm³/mol. The van der Waals surface area contributed by atoms with Gasteiger partial charge in [0.25, 0.3) is 5.91 Å². The molecule has 0 radical (unpaired) electrons. The van der Waals surface area contributed by atoms with Crippen molar-refractivity contribution in [1.82, 2.24) is 0 Å². The quantitative estimate of drug-likeness (QED) is 0.860. The minimum Gasteiger partial charge on any atom is -0.307 e. The topological polar surface area (TPSA) is 44.1 Å². The van der Waals surface area contributed by atoms with Crippen LogP contribution >= 0.6 is 24.2 Å². The largest absolute Gasteiger partial charge is 0.307 e. The first kappa shape index (κ1) is 15.4. The number of anilines is 1. The first-order valence-corrected chi connectivity index (χ1v) is 7.18. The van der Waals surface area contributed by atoms with Crippen molar-refractivity contribution >= 4 is 35.8 Å². The number of nitriles is 1. The monoisotopic (exact) mass is 316 g/mol. The van der Waals surface area contributed by atoms with Gasteiger partial charge in [0.2, 0.25) is 0 Å². The van der Waals surface area contributed by atoms with E-state index < -0.39 is 0 Å². The maximum atomic E-state index is 12.7. The highest BCUT2D eigenvalue weighted by molar-refractivity contribution is 7.80. The minimum atomic E-state index is -0.239. The molecule has 1 amide bonds. The number of rotatable bonds is 4. The van der Waals surface area contributed by atoms with Gasteiger partial charge in [-0.25, -0.2) is 0 Å².